The molecular formula is C28H28N2. The van der Waals surface area contributed by atoms with Crippen LogP contribution >= 0.6 is 0 Å². The predicted octanol–water partition coefficient (Wildman–Crippen LogP) is 7.36. The molecule has 0 amide bonds. The van der Waals surface area contributed by atoms with Crippen LogP contribution in [-0.2, 0) is 12.8 Å². The molecule has 3 aromatic carbocycles. The highest BCUT2D eigenvalue weighted by Gasteiger charge is 2.24. The Bertz CT molecular complexity index is 1150. The van der Waals surface area contributed by atoms with E-state index in [2.05, 4.69) is 99.6 Å². The van der Waals surface area contributed by atoms with Gasteiger partial charge in [-0.1, -0.05) is 100.0 Å². The van der Waals surface area contributed by atoms with Crippen LogP contribution in [0.15, 0.2) is 78.9 Å². The van der Waals surface area contributed by atoms with Crippen LogP contribution in [0.2, 0.25) is 0 Å². The van der Waals surface area contributed by atoms with Crippen LogP contribution in [0.4, 0.5) is 0 Å². The van der Waals surface area contributed by atoms with Crippen LogP contribution in [0.25, 0.3) is 33.6 Å². The van der Waals surface area contributed by atoms with E-state index < -0.39 is 0 Å². The lowest BCUT2D eigenvalue weighted by Crippen LogP contribution is -2.01. The number of aryl methyl sites for hydroxylation is 1. The molecule has 2 nitrogen and oxygen atoms in total. The van der Waals surface area contributed by atoms with Crippen LogP contribution < -0.4 is 0 Å². The molecule has 1 aliphatic rings. The van der Waals surface area contributed by atoms with Crippen molar-refractivity contribution >= 4 is 0 Å². The third kappa shape index (κ3) is 3.91. The van der Waals surface area contributed by atoms with E-state index in [4.69, 9.17) is 9.97 Å². The fraction of sp³-hybridized carbons (Fsp3) is 0.214. The maximum Gasteiger partial charge on any atom is 0.129 e. The maximum absolute atomic E-state index is 4.94. The highest BCUT2D eigenvalue weighted by atomic mass is 14.9. The second-order valence-electron chi connectivity index (χ2n) is 7.66. The van der Waals surface area contributed by atoms with Gasteiger partial charge >= 0.3 is 0 Å². The summed E-state index contributed by atoms with van der Waals surface area (Å²) in [5, 5.41) is 0. The SMILES string of the molecule is CCC.CCc1nc(-c2cccc(-c3ccccc3)c2)c2c(n1)-c1ccccc1C2. The van der Waals surface area contributed by atoms with E-state index in [1.54, 1.807) is 0 Å². The fourth-order valence-corrected chi connectivity index (χ4v) is 3.89. The molecule has 0 saturated carbocycles. The van der Waals surface area contributed by atoms with Crippen molar-refractivity contribution in [3.05, 3.63) is 95.8 Å². The summed E-state index contributed by atoms with van der Waals surface area (Å²) in [6.07, 6.45) is 2.99. The molecule has 0 atom stereocenters. The molecule has 2 heteroatoms. The summed E-state index contributed by atoms with van der Waals surface area (Å²) in [5.74, 6) is 0.908. The number of hydrogen-bond donors (Lipinski definition) is 0. The number of fused-ring (bicyclic) bond motifs is 3. The van der Waals surface area contributed by atoms with Crippen LogP contribution in [-0.4, -0.2) is 9.97 Å². The van der Waals surface area contributed by atoms with Crippen molar-refractivity contribution in [1.29, 1.82) is 0 Å². The van der Waals surface area contributed by atoms with Gasteiger partial charge in [-0.3, -0.25) is 0 Å². The Morgan fingerprint density at radius 1 is 0.667 bits per heavy atom. The first-order chi connectivity index (χ1) is 14.7. The molecule has 0 unspecified atom stereocenters. The second kappa shape index (κ2) is 9.04. The first-order valence-electron chi connectivity index (χ1n) is 10.9. The molecule has 1 heterocycles. The van der Waals surface area contributed by atoms with Crippen LogP contribution in [0, 0.1) is 0 Å². The Balaban J connectivity index is 0.000000687. The van der Waals surface area contributed by atoms with Gasteiger partial charge in [-0.25, -0.2) is 9.97 Å². The normalized spacial score (nSPS) is 11.3. The monoisotopic (exact) mass is 392 g/mol. The van der Waals surface area contributed by atoms with Gasteiger partial charge in [0.1, 0.15) is 5.82 Å². The summed E-state index contributed by atoms with van der Waals surface area (Å²) in [7, 11) is 0. The highest BCUT2D eigenvalue weighted by Crippen LogP contribution is 2.40. The summed E-state index contributed by atoms with van der Waals surface area (Å²) < 4.78 is 0. The number of benzene rings is 3. The Morgan fingerprint density at radius 2 is 1.30 bits per heavy atom. The zero-order valence-electron chi connectivity index (χ0n) is 18.0. The average molecular weight is 393 g/mol. The first kappa shape index (κ1) is 20.0. The Morgan fingerprint density at radius 3 is 2.07 bits per heavy atom. The molecule has 0 N–H and O–H groups in total. The molecule has 5 rings (SSSR count). The quantitative estimate of drug-likeness (QED) is 0.320. The van der Waals surface area contributed by atoms with Gasteiger partial charge in [-0.05, 0) is 22.8 Å². The molecule has 0 radical (unpaired) electrons. The van der Waals surface area contributed by atoms with Gasteiger partial charge in [0.05, 0.1) is 11.4 Å². The Kier molecular flexibility index (Phi) is 6.04. The minimum atomic E-state index is 0.834. The molecular weight excluding hydrogens is 364 g/mol. The van der Waals surface area contributed by atoms with E-state index in [1.807, 2.05) is 0 Å². The summed E-state index contributed by atoms with van der Waals surface area (Å²) in [6.45, 7) is 6.37. The number of hydrogen-bond acceptors (Lipinski definition) is 2. The maximum atomic E-state index is 4.94. The van der Waals surface area contributed by atoms with Gasteiger partial charge in [0.15, 0.2) is 0 Å². The van der Waals surface area contributed by atoms with Crippen molar-refractivity contribution in [2.75, 3.05) is 0 Å². The minimum Gasteiger partial charge on any atom is -0.233 e. The molecule has 150 valence electrons. The molecule has 1 aromatic heterocycles. The van der Waals surface area contributed by atoms with Gasteiger partial charge < -0.3 is 0 Å². The lowest BCUT2D eigenvalue weighted by Gasteiger charge is -2.11. The minimum absolute atomic E-state index is 0.834. The molecule has 0 aliphatic heterocycles. The van der Waals surface area contributed by atoms with E-state index >= 15 is 0 Å². The zero-order valence-corrected chi connectivity index (χ0v) is 18.0. The second-order valence-corrected chi connectivity index (χ2v) is 7.66. The van der Waals surface area contributed by atoms with Crippen molar-refractivity contribution in [3.8, 4) is 33.6 Å². The highest BCUT2D eigenvalue weighted by molar-refractivity contribution is 5.82. The van der Waals surface area contributed by atoms with Crippen molar-refractivity contribution in [1.82, 2.24) is 9.97 Å². The van der Waals surface area contributed by atoms with Crippen LogP contribution in [0.5, 0.6) is 0 Å². The largest absolute Gasteiger partial charge is 0.233 e. The average Bonchev–Trinajstić information content (AvgIpc) is 3.18. The third-order valence-corrected chi connectivity index (χ3v) is 5.25. The van der Waals surface area contributed by atoms with Crippen molar-refractivity contribution < 1.29 is 0 Å². The van der Waals surface area contributed by atoms with Gasteiger partial charge in [0.2, 0.25) is 0 Å². The van der Waals surface area contributed by atoms with Crippen molar-refractivity contribution in [2.24, 2.45) is 0 Å². The molecule has 1 aliphatic carbocycles. The van der Waals surface area contributed by atoms with Gasteiger partial charge in [0, 0.05) is 29.5 Å². The summed E-state index contributed by atoms with van der Waals surface area (Å²) in [5.41, 5.74) is 9.64. The molecule has 0 saturated heterocycles. The predicted molar refractivity (Wildman–Crippen MR) is 126 cm³/mol. The van der Waals surface area contributed by atoms with Gasteiger partial charge in [-0.15, -0.1) is 0 Å². The van der Waals surface area contributed by atoms with Gasteiger partial charge in [0.25, 0.3) is 0 Å². The molecule has 4 aromatic rings. The van der Waals surface area contributed by atoms with E-state index in [1.165, 1.54) is 34.2 Å². The lowest BCUT2D eigenvalue weighted by molar-refractivity contribution is 0.938. The smallest absolute Gasteiger partial charge is 0.129 e. The summed E-state index contributed by atoms with van der Waals surface area (Å²) >= 11 is 0. The first-order valence-corrected chi connectivity index (χ1v) is 10.9. The van der Waals surface area contributed by atoms with E-state index in [-0.39, 0.29) is 0 Å². The molecule has 0 bridgehead atoms. The van der Waals surface area contributed by atoms with E-state index in [0.717, 1.165) is 35.6 Å². The van der Waals surface area contributed by atoms with Crippen molar-refractivity contribution in [3.63, 3.8) is 0 Å². The van der Waals surface area contributed by atoms with E-state index in [0.29, 0.717) is 0 Å². The van der Waals surface area contributed by atoms with E-state index in [9.17, 15) is 0 Å². The Hall–Kier alpha value is -3.26. The topological polar surface area (TPSA) is 25.8 Å². The standard InChI is InChI=1S/C25H20N2.C3H8/c1-2-23-26-24(22-16-19-11-6-7-14-21(19)25(22)27-23)20-13-8-12-18(15-20)17-9-4-3-5-10-17;1-3-2/h3-15H,2,16H2,1H3;3H2,1-2H3. The van der Waals surface area contributed by atoms with Crippen molar-refractivity contribution in [2.45, 2.75) is 40.0 Å². The van der Waals surface area contributed by atoms with Gasteiger partial charge in [-0.2, -0.15) is 0 Å². The zero-order chi connectivity index (χ0) is 20.9. The fourth-order valence-electron chi connectivity index (χ4n) is 3.89. The molecule has 30 heavy (non-hydrogen) atoms. The number of aromatic nitrogens is 2. The van der Waals surface area contributed by atoms with Crippen LogP contribution in [0.3, 0.4) is 0 Å². The number of rotatable bonds is 3. The molecule has 0 spiro atoms. The number of nitrogens with zero attached hydrogens (tertiary/aromatic N) is 2. The Labute approximate surface area is 179 Å². The lowest BCUT2D eigenvalue weighted by atomic mass is 9.98. The summed E-state index contributed by atoms with van der Waals surface area (Å²) in [4.78, 5) is 9.81. The van der Waals surface area contributed by atoms with Crippen LogP contribution in [0.1, 0.15) is 44.1 Å². The summed E-state index contributed by atoms with van der Waals surface area (Å²) in [6, 6.07) is 27.8. The molecule has 0 fully saturated rings. The third-order valence-electron chi connectivity index (χ3n) is 5.25.